The van der Waals surface area contributed by atoms with Crippen LogP contribution in [0.25, 0.3) is 0 Å². The molecule has 1 aliphatic rings. The van der Waals surface area contributed by atoms with Gasteiger partial charge in [-0.3, -0.25) is 5.43 Å². The molecule has 1 aromatic rings. The molecule has 0 saturated carbocycles. The van der Waals surface area contributed by atoms with Gasteiger partial charge < -0.3 is 10.0 Å². The van der Waals surface area contributed by atoms with Gasteiger partial charge in [-0.25, -0.2) is 5.01 Å². The average molecular weight is 291 g/mol. The largest absolute Gasteiger partial charge is 0.388 e. The van der Waals surface area contributed by atoms with E-state index in [1.54, 1.807) is 0 Å². The number of piperazine rings is 1. The SMILES string of the molecule is Cc1cc(C)c(C(O)CCNN2CCN(C)CC2)c(C)c1. The fraction of sp³-hybridized carbons (Fsp3) is 0.647. The third kappa shape index (κ3) is 4.51. The van der Waals surface area contributed by atoms with Crippen molar-refractivity contribution in [2.45, 2.75) is 33.3 Å². The second-order valence-electron chi connectivity index (χ2n) is 6.32. The molecule has 21 heavy (non-hydrogen) atoms. The summed E-state index contributed by atoms with van der Waals surface area (Å²) in [4.78, 5) is 2.34. The number of hydrogen-bond donors (Lipinski definition) is 2. The molecule has 1 aliphatic heterocycles. The average Bonchev–Trinajstić information content (AvgIpc) is 2.40. The number of hydrogen-bond acceptors (Lipinski definition) is 4. The molecule has 0 aromatic heterocycles. The Hall–Kier alpha value is -0.940. The second-order valence-corrected chi connectivity index (χ2v) is 6.32. The normalized spacial score (nSPS) is 18.9. The van der Waals surface area contributed by atoms with Gasteiger partial charge in [0.15, 0.2) is 0 Å². The lowest BCUT2D eigenvalue weighted by Gasteiger charge is -2.32. The van der Waals surface area contributed by atoms with E-state index in [9.17, 15) is 5.11 Å². The van der Waals surface area contributed by atoms with Crippen LogP contribution in [0.5, 0.6) is 0 Å². The molecular formula is C17H29N3O. The first-order valence-corrected chi connectivity index (χ1v) is 7.90. The van der Waals surface area contributed by atoms with Gasteiger partial charge in [0, 0.05) is 32.7 Å². The van der Waals surface area contributed by atoms with Crippen molar-refractivity contribution in [1.82, 2.24) is 15.3 Å². The van der Waals surface area contributed by atoms with E-state index in [2.05, 4.69) is 55.3 Å². The maximum absolute atomic E-state index is 10.5. The number of likely N-dealkylation sites (N-methyl/N-ethyl adjacent to an activating group) is 1. The van der Waals surface area contributed by atoms with Gasteiger partial charge in [0.25, 0.3) is 0 Å². The number of aliphatic hydroxyl groups is 1. The van der Waals surface area contributed by atoms with Gasteiger partial charge in [-0.2, -0.15) is 0 Å². The Labute approximate surface area is 128 Å². The summed E-state index contributed by atoms with van der Waals surface area (Å²) in [7, 11) is 2.16. The standard InChI is InChI=1S/C17H29N3O/c1-13-11-14(2)17(15(3)12-13)16(21)5-6-18-20-9-7-19(4)8-10-20/h11-12,16,18,21H,5-10H2,1-4H3. The molecule has 0 amide bonds. The highest BCUT2D eigenvalue weighted by molar-refractivity contribution is 5.38. The maximum atomic E-state index is 10.5. The Morgan fingerprint density at radius 1 is 1.10 bits per heavy atom. The first kappa shape index (κ1) is 16.4. The molecule has 1 atom stereocenters. The molecule has 1 aromatic carbocycles. The minimum Gasteiger partial charge on any atom is -0.388 e. The van der Waals surface area contributed by atoms with Crippen molar-refractivity contribution in [3.8, 4) is 0 Å². The lowest BCUT2D eigenvalue weighted by Crippen LogP contribution is -2.51. The predicted molar refractivity (Wildman–Crippen MR) is 87.3 cm³/mol. The van der Waals surface area contributed by atoms with Crippen molar-refractivity contribution in [2.24, 2.45) is 0 Å². The van der Waals surface area contributed by atoms with Crippen LogP contribution in [-0.2, 0) is 0 Å². The third-order valence-electron chi connectivity index (χ3n) is 4.33. The van der Waals surface area contributed by atoms with Crippen LogP contribution in [0.3, 0.4) is 0 Å². The van der Waals surface area contributed by atoms with E-state index in [4.69, 9.17) is 0 Å². The van der Waals surface area contributed by atoms with Crippen LogP contribution < -0.4 is 5.43 Å². The Kier molecular flexibility index (Phi) is 5.76. The van der Waals surface area contributed by atoms with Crippen molar-refractivity contribution >= 4 is 0 Å². The predicted octanol–water partition coefficient (Wildman–Crippen LogP) is 1.79. The molecule has 0 bridgehead atoms. The highest BCUT2D eigenvalue weighted by atomic mass is 16.3. The van der Waals surface area contributed by atoms with Gasteiger partial charge in [0.1, 0.15) is 0 Å². The fourth-order valence-corrected chi connectivity index (χ4v) is 3.19. The van der Waals surface area contributed by atoms with Gasteiger partial charge in [-0.15, -0.1) is 0 Å². The van der Waals surface area contributed by atoms with E-state index in [1.807, 2.05) is 0 Å². The summed E-state index contributed by atoms with van der Waals surface area (Å²) in [5, 5.41) is 12.7. The lowest BCUT2D eigenvalue weighted by molar-refractivity contribution is 0.0918. The molecule has 0 radical (unpaired) electrons. The number of aliphatic hydroxyl groups excluding tert-OH is 1. The van der Waals surface area contributed by atoms with Gasteiger partial charge in [-0.1, -0.05) is 17.7 Å². The molecule has 2 rings (SSSR count). The summed E-state index contributed by atoms with van der Waals surface area (Å²) in [5.41, 5.74) is 8.19. The van der Waals surface area contributed by atoms with Gasteiger partial charge in [-0.05, 0) is 50.9 Å². The smallest absolute Gasteiger partial charge is 0.0807 e. The van der Waals surface area contributed by atoms with Crippen LogP contribution in [0.15, 0.2) is 12.1 Å². The summed E-state index contributed by atoms with van der Waals surface area (Å²) in [6.45, 7) is 11.4. The van der Waals surface area contributed by atoms with Crippen LogP contribution in [0, 0.1) is 20.8 Å². The van der Waals surface area contributed by atoms with Gasteiger partial charge in [0.05, 0.1) is 6.10 Å². The van der Waals surface area contributed by atoms with E-state index < -0.39 is 0 Å². The molecule has 2 N–H and O–H groups in total. The molecule has 0 spiro atoms. The van der Waals surface area contributed by atoms with Crippen LogP contribution >= 0.6 is 0 Å². The number of nitrogens with zero attached hydrogens (tertiary/aromatic N) is 2. The summed E-state index contributed by atoms with van der Waals surface area (Å²) >= 11 is 0. The Morgan fingerprint density at radius 3 is 2.24 bits per heavy atom. The fourth-order valence-electron chi connectivity index (χ4n) is 3.19. The van der Waals surface area contributed by atoms with E-state index >= 15 is 0 Å². The highest BCUT2D eigenvalue weighted by Gasteiger charge is 2.16. The Morgan fingerprint density at radius 2 is 1.67 bits per heavy atom. The molecule has 118 valence electrons. The molecule has 1 heterocycles. The Balaban J connectivity index is 1.83. The van der Waals surface area contributed by atoms with E-state index in [1.165, 1.54) is 16.7 Å². The molecule has 1 saturated heterocycles. The van der Waals surface area contributed by atoms with Crippen LogP contribution in [-0.4, -0.2) is 54.8 Å². The summed E-state index contributed by atoms with van der Waals surface area (Å²) < 4.78 is 0. The first-order chi connectivity index (χ1) is 9.97. The number of aryl methyl sites for hydroxylation is 3. The van der Waals surface area contributed by atoms with Crippen molar-refractivity contribution in [3.05, 3.63) is 34.4 Å². The van der Waals surface area contributed by atoms with Crippen molar-refractivity contribution in [3.63, 3.8) is 0 Å². The van der Waals surface area contributed by atoms with Gasteiger partial charge in [0.2, 0.25) is 0 Å². The van der Waals surface area contributed by atoms with Crippen molar-refractivity contribution in [2.75, 3.05) is 39.8 Å². The first-order valence-electron chi connectivity index (χ1n) is 7.90. The van der Waals surface area contributed by atoms with Crippen LogP contribution in [0.2, 0.25) is 0 Å². The van der Waals surface area contributed by atoms with E-state index in [0.717, 1.165) is 44.7 Å². The monoisotopic (exact) mass is 291 g/mol. The molecule has 4 nitrogen and oxygen atoms in total. The number of hydrazine groups is 1. The van der Waals surface area contributed by atoms with Gasteiger partial charge >= 0.3 is 0 Å². The molecular weight excluding hydrogens is 262 g/mol. The third-order valence-corrected chi connectivity index (χ3v) is 4.33. The molecule has 0 aliphatic carbocycles. The van der Waals surface area contributed by atoms with Crippen molar-refractivity contribution in [1.29, 1.82) is 0 Å². The van der Waals surface area contributed by atoms with Crippen LogP contribution in [0.4, 0.5) is 0 Å². The quantitative estimate of drug-likeness (QED) is 0.867. The lowest BCUT2D eigenvalue weighted by atomic mass is 9.94. The molecule has 1 unspecified atom stereocenters. The van der Waals surface area contributed by atoms with Crippen LogP contribution in [0.1, 0.15) is 34.8 Å². The Bertz CT molecular complexity index is 444. The van der Waals surface area contributed by atoms with E-state index in [-0.39, 0.29) is 6.10 Å². The zero-order chi connectivity index (χ0) is 15.4. The number of nitrogens with one attached hydrogen (secondary N) is 1. The number of benzene rings is 1. The highest BCUT2D eigenvalue weighted by Crippen LogP contribution is 2.25. The zero-order valence-electron chi connectivity index (χ0n) is 13.8. The summed E-state index contributed by atoms with van der Waals surface area (Å²) in [5.74, 6) is 0. The molecule has 1 fully saturated rings. The molecule has 4 heteroatoms. The zero-order valence-corrected chi connectivity index (χ0v) is 13.8. The summed E-state index contributed by atoms with van der Waals surface area (Å²) in [6, 6.07) is 4.30. The number of rotatable bonds is 5. The van der Waals surface area contributed by atoms with Crippen molar-refractivity contribution < 1.29 is 5.11 Å². The second kappa shape index (κ2) is 7.36. The summed E-state index contributed by atoms with van der Waals surface area (Å²) in [6.07, 6.45) is 0.363. The topological polar surface area (TPSA) is 38.7 Å². The maximum Gasteiger partial charge on any atom is 0.0807 e. The minimum absolute atomic E-state index is 0.384. The van der Waals surface area contributed by atoms with E-state index in [0.29, 0.717) is 0 Å². The minimum atomic E-state index is -0.384.